The van der Waals surface area contributed by atoms with Gasteiger partial charge < -0.3 is 20.1 Å². The van der Waals surface area contributed by atoms with E-state index >= 15 is 0 Å². The highest BCUT2D eigenvalue weighted by molar-refractivity contribution is 6.30. The van der Waals surface area contributed by atoms with Crippen LogP contribution in [-0.2, 0) is 26.3 Å². The molecule has 2 atom stereocenters. The topological polar surface area (TPSA) is 137 Å². The second-order valence-electron chi connectivity index (χ2n) is 9.45. The Morgan fingerprint density at radius 2 is 1.72 bits per heavy atom. The van der Waals surface area contributed by atoms with Gasteiger partial charge in [0.2, 0.25) is 11.8 Å². The molecule has 3 aromatic rings. The SMILES string of the molecule is O=C(O)Nc1ccc(NC(=O)C(Cc2ccccc2)C(=O)N2CCC3(C2)OC(=O)Nc2ccc(Cl)cc23)cc1. The maximum Gasteiger partial charge on any atom is 0.412 e. The molecule has 39 heavy (non-hydrogen) atoms. The number of carbonyl (C=O) groups is 4. The van der Waals surface area contributed by atoms with Crippen molar-refractivity contribution in [2.45, 2.75) is 18.4 Å². The summed E-state index contributed by atoms with van der Waals surface area (Å²) in [4.78, 5) is 52.1. The molecule has 0 radical (unpaired) electrons. The molecule has 5 rings (SSSR count). The van der Waals surface area contributed by atoms with Gasteiger partial charge in [-0.15, -0.1) is 0 Å². The second-order valence-corrected chi connectivity index (χ2v) is 9.88. The third kappa shape index (κ3) is 5.65. The first-order chi connectivity index (χ1) is 18.7. The van der Waals surface area contributed by atoms with E-state index in [1.165, 1.54) is 12.1 Å². The number of halogens is 1. The standard InChI is InChI=1S/C28H25ClN4O6/c29-18-6-11-23-22(15-18)28(39-27(38)32-23)12-13-33(16-28)25(35)21(14-17-4-2-1-3-5-17)24(34)30-19-7-9-20(10-8-19)31-26(36)37/h1-11,15,21,31H,12-14,16H2,(H,30,34)(H,32,38)(H,36,37). The van der Waals surface area contributed by atoms with E-state index in [1.807, 2.05) is 30.3 Å². The van der Waals surface area contributed by atoms with Crippen LogP contribution >= 0.6 is 11.6 Å². The van der Waals surface area contributed by atoms with Gasteiger partial charge in [0, 0.05) is 34.9 Å². The minimum atomic E-state index is -1.20. The molecule has 0 aromatic heterocycles. The predicted molar refractivity (Wildman–Crippen MR) is 145 cm³/mol. The van der Waals surface area contributed by atoms with Crippen molar-refractivity contribution < 1.29 is 29.0 Å². The van der Waals surface area contributed by atoms with Gasteiger partial charge in [-0.05, 0) is 54.4 Å². The Bertz CT molecular complexity index is 1430. The van der Waals surface area contributed by atoms with Crippen LogP contribution in [0.1, 0.15) is 17.5 Å². The fraction of sp³-hybridized carbons (Fsp3) is 0.214. The summed E-state index contributed by atoms with van der Waals surface area (Å²) in [6.07, 6.45) is -1.29. The molecule has 0 bridgehead atoms. The molecule has 4 amide bonds. The van der Waals surface area contributed by atoms with Gasteiger partial charge in [0.25, 0.3) is 0 Å². The largest absolute Gasteiger partial charge is 0.465 e. The molecule has 1 saturated heterocycles. The Kier molecular flexibility index (Phi) is 7.12. The Morgan fingerprint density at radius 1 is 1.03 bits per heavy atom. The van der Waals surface area contributed by atoms with E-state index < -0.39 is 35.5 Å². The molecule has 3 aromatic carbocycles. The lowest BCUT2D eigenvalue weighted by Gasteiger charge is -2.35. The number of hydrogen-bond acceptors (Lipinski definition) is 5. The second kappa shape index (κ2) is 10.7. The molecule has 10 nitrogen and oxygen atoms in total. The van der Waals surface area contributed by atoms with E-state index in [4.69, 9.17) is 21.4 Å². The number of fused-ring (bicyclic) bond motifs is 2. The zero-order chi connectivity index (χ0) is 27.6. The number of nitrogens with zero attached hydrogens (tertiary/aromatic N) is 1. The van der Waals surface area contributed by atoms with Crippen molar-refractivity contribution in [3.63, 3.8) is 0 Å². The lowest BCUT2D eigenvalue weighted by molar-refractivity contribution is -0.140. The van der Waals surface area contributed by atoms with Gasteiger partial charge in [0.15, 0.2) is 5.60 Å². The van der Waals surface area contributed by atoms with Crippen molar-refractivity contribution in [3.05, 3.63) is 88.9 Å². The van der Waals surface area contributed by atoms with E-state index in [-0.39, 0.29) is 19.5 Å². The molecular formula is C28H25ClN4O6. The summed E-state index contributed by atoms with van der Waals surface area (Å²) in [5.74, 6) is -1.96. The number of anilines is 3. The molecule has 2 heterocycles. The highest BCUT2D eigenvalue weighted by Gasteiger charge is 2.50. The van der Waals surface area contributed by atoms with Crippen molar-refractivity contribution >= 4 is 52.7 Å². The number of likely N-dealkylation sites (tertiary alicyclic amines) is 1. The van der Waals surface area contributed by atoms with Crippen LogP contribution in [-0.4, -0.2) is 47.1 Å². The van der Waals surface area contributed by atoms with Crippen molar-refractivity contribution in [1.82, 2.24) is 4.90 Å². The van der Waals surface area contributed by atoms with Crippen LogP contribution in [0.25, 0.3) is 0 Å². The summed E-state index contributed by atoms with van der Waals surface area (Å²) in [6.45, 7) is 0.368. The van der Waals surface area contributed by atoms with E-state index in [0.29, 0.717) is 34.1 Å². The quantitative estimate of drug-likeness (QED) is 0.323. The number of amides is 4. The van der Waals surface area contributed by atoms with Gasteiger partial charge in [-0.2, -0.15) is 0 Å². The first kappa shape index (κ1) is 26.1. The van der Waals surface area contributed by atoms with Crippen LogP contribution in [0.2, 0.25) is 5.02 Å². The molecular weight excluding hydrogens is 524 g/mol. The average Bonchev–Trinajstić information content (AvgIpc) is 3.33. The Balaban J connectivity index is 1.38. The van der Waals surface area contributed by atoms with E-state index in [9.17, 15) is 19.2 Å². The summed E-state index contributed by atoms with van der Waals surface area (Å²) in [5.41, 5.74) is 1.76. The van der Waals surface area contributed by atoms with Crippen LogP contribution in [0.3, 0.4) is 0 Å². The van der Waals surface area contributed by atoms with Crippen LogP contribution in [0.4, 0.5) is 26.7 Å². The first-order valence-corrected chi connectivity index (χ1v) is 12.6. The summed E-state index contributed by atoms with van der Waals surface area (Å²) < 4.78 is 5.74. The van der Waals surface area contributed by atoms with E-state index in [0.717, 1.165) is 5.56 Å². The molecule has 4 N–H and O–H groups in total. The van der Waals surface area contributed by atoms with Gasteiger partial charge in [0.1, 0.15) is 5.92 Å². The Hall–Kier alpha value is -4.57. The number of rotatable bonds is 6. The Morgan fingerprint density at radius 3 is 2.41 bits per heavy atom. The average molecular weight is 549 g/mol. The molecule has 2 aliphatic rings. The first-order valence-electron chi connectivity index (χ1n) is 12.3. The zero-order valence-electron chi connectivity index (χ0n) is 20.6. The molecule has 0 saturated carbocycles. The highest BCUT2D eigenvalue weighted by atomic mass is 35.5. The van der Waals surface area contributed by atoms with E-state index in [2.05, 4.69) is 16.0 Å². The van der Waals surface area contributed by atoms with Gasteiger partial charge >= 0.3 is 12.2 Å². The lowest BCUT2D eigenvalue weighted by atomic mass is 9.90. The minimum Gasteiger partial charge on any atom is -0.465 e. The summed E-state index contributed by atoms with van der Waals surface area (Å²) in [7, 11) is 0. The van der Waals surface area contributed by atoms with Gasteiger partial charge in [-0.1, -0.05) is 41.9 Å². The third-order valence-electron chi connectivity index (χ3n) is 6.84. The van der Waals surface area contributed by atoms with Gasteiger partial charge in [0.05, 0.1) is 12.2 Å². The monoisotopic (exact) mass is 548 g/mol. The number of hydrogen-bond donors (Lipinski definition) is 4. The van der Waals surface area contributed by atoms with Crippen molar-refractivity contribution in [2.75, 3.05) is 29.0 Å². The molecule has 11 heteroatoms. The number of benzene rings is 3. The third-order valence-corrected chi connectivity index (χ3v) is 7.08. The molecule has 0 aliphatic carbocycles. The summed E-state index contributed by atoms with van der Waals surface area (Å²) in [5, 5.41) is 17.0. The fourth-order valence-electron chi connectivity index (χ4n) is 5.00. The molecule has 1 fully saturated rings. The number of carboxylic acid groups (broad SMARTS) is 1. The van der Waals surface area contributed by atoms with E-state index in [1.54, 1.807) is 35.2 Å². The summed E-state index contributed by atoms with van der Waals surface area (Å²) in [6, 6.07) is 20.4. The zero-order valence-corrected chi connectivity index (χ0v) is 21.4. The van der Waals surface area contributed by atoms with Crippen LogP contribution < -0.4 is 16.0 Å². The van der Waals surface area contributed by atoms with Crippen molar-refractivity contribution in [2.24, 2.45) is 5.92 Å². The maximum absolute atomic E-state index is 13.9. The molecule has 1 spiro atoms. The van der Waals surface area contributed by atoms with Gasteiger partial charge in [-0.3, -0.25) is 20.2 Å². The van der Waals surface area contributed by atoms with Crippen LogP contribution in [0, 0.1) is 5.92 Å². The molecule has 2 aliphatic heterocycles. The smallest absolute Gasteiger partial charge is 0.412 e. The normalized spacial score (nSPS) is 18.5. The number of nitrogens with one attached hydrogen (secondary N) is 3. The maximum atomic E-state index is 13.9. The van der Waals surface area contributed by atoms with Crippen LogP contribution in [0.15, 0.2) is 72.8 Å². The fourth-order valence-corrected chi connectivity index (χ4v) is 5.17. The lowest BCUT2D eigenvalue weighted by Crippen LogP contribution is -2.45. The summed E-state index contributed by atoms with van der Waals surface area (Å²) >= 11 is 6.23. The number of carbonyl (C=O) groups excluding carboxylic acids is 3. The molecule has 2 unspecified atom stereocenters. The number of ether oxygens (including phenoxy) is 1. The van der Waals surface area contributed by atoms with Crippen molar-refractivity contribution in [1.29, 1.82) is 0 Å². The van der Waals surface area contributed by atoms with Crippen LogP contribution in [0.5, 0.6) is 0 Å². The highest BCUT2D eigenvalue weighted by Crippen LogP contribution is 2.44. The van der Waals surface area contributed by atoms with Crippen molar-refractivity contribution in [3.8, 4) is 0 Å². The predicted octanol–water partition coefficient (Wildman–Crippen LogP) is 4.92. The van der Waals surface area contributed by atoms with Gasteiger partial charge in [-0.25, -0.2) is 9.59 Å². The minimum absolute atomic E-state index is 0.0840. The molecule has 200 valence electrons. The Labute approximate surface area is 228 Å².